The van der Waals surface area contributed by atoms with Crippen LogP contribution in [0, 0.1) is 0 Å². The van der Waals surface area contributed by atoms with Crippen LogP contribution >= 0.6 is 12.4 Å². The number of ether oxygens (including phenoxy) is 1. The summed E-state index contributed by atoms with van der Waals surface area (Å²) in [6, 6.07) is 0.319. The molecule has 2 saturated heterocycles. The molecule has 0 aromatic carbocycles. The first kappa shape index (κ1) is 20.6. The second kappa shape index (κ2) is 7.66. The third kappa shape index (κ3) is 4.57. The number of carbonyl (C=O) groups is 1. The summed E-state index contributed by atoms with van der Waals surface area (Å²) in [6.45, 7) is 12.2. The van der Waals surface area contributed by atoms with Crippen molar-refractivity contribution in [2.75, 3.05) is 19.8 Å². The summed E-state index contributed by atoms with van der Waals surface area (Å²) in [5.74, 6) is 0.0543. The van der Waals surface area contributed by atoms with E-state index in [1.165, 1.54) is 5.06 Å². The van der Waals surface area contributed by atoms with E-state index in [2.05, 4.69) is 37.9 Å². The monoisotopic (exact) mass is 349 g/mol. The summed E-state index contributed by atoms with van der Waals surface area (Å²) >= 11 is 0. The average Bonchev–Trinajstić information content (AvgIpc) is 2.44. The molecule has 2 heterocycles. The highest BCUT2D eigenvalue weighted by Gasteiger charge is 2.47. The summed E-state index contributed by atoms with van der Waals surface area (Å²) in [5.41, 5.74) is -0.575. The summed E-state index contributed by atoms with van der Waals surface area (Å²) in [7, 11) is 0. The first-order chi connectivity index (χ1) is 10.2. The minimum absolute atomic E-state index is 0. The fraction of sp³-hybridized carbons (Fsp3) is 0.938. The van der Waals surface area contributed by atoms with E-state index in [1.807, 2.05) is 6.92 Å². The maximum Gasteiger partial charge on any atom is 0.221 e. The third-order valence-corrected chi connectivity index (χ3v) is 4.90. The lowest BCUT2D eigenvalue weighted by atomic mass is 9.78. The molecule has 2 aliphatic rings. The molecule has 0 aromatic heterocycles. The van der Waals surface area contributed by atoms with E-state index in [1.54, 1.807) is 0 Å². The van der Waals surface area contributed by atoms with Crippen LogP contribution < -0.4 is 5.32 Å². The Morgan fingerprint density at radius 1 is 1.26 bits per heavy atom. The highest BCUT2D eigenvalue weighted by molar-refractivity contribution is 5.85. The SMILES string of the molecule is CCC(=O)NC1COCCN1C1CC(C)(C)N(O)C(C)(C)C1.Cl. The molecule has 0 saturated carbocycles. The number of nitrogens with zero attached hydrogens (tertiary/aromatic N) is 2. The number of nitrogens with one attached hydrogen (secondary N) is 1. The molecule has 0 radical (unpaired) electrons. The van der Waals surface area contributed by atoms with E-state index >= 15 is 0 Å². The van der Waals surface area contributed by atoms with Crippen LogP contribution in [0.4, 0.5) is 0 Å². The third-order valence-electron chi connectivity index (χ3n) is 4.90. The van der Waals surface area contributed by atoms with Gasteiger partial charge in [-0.2, -0.15) is 5.06 Å². The normalized spacial score (nSPS) is 28.9. The molecule has 1 unspecified atom stereocenters. The molecule has 2 aliphatic heterocycles. The lowest BCUT2D eigenvalue weighted by molar-refractivity contribution is -0.255. The minimum Gasteiger partial charge on any atom is -0.377 e. The summed E-state index contributed by atoms with van der Waals surface area (Å²) < 4.78 is 5.56. The minimum atomic E-state index is -0.288. The lowest BCUT2D eigenvalue weighted by Crippen LogP contribution is -2.67. The molecule has 0 aliphatic carbocycles. The van der Waals surface area contributed by atoms with Gasteiger partial charge in [0.1, 0.15) is 6.17 Å². The molecule has 2 rings (SSSR count). The Kier molecular flexibility index (Phi) is 6.87. The molecule has 136 valence electrons. The second-order valence-electron chi connectivity index (χ2n) is 7.75. The van der Waals surface area contributed by atoms with Crippen molar-refractivity contribution in [1.82, 2.24) is 15.3 Å². The maximum absolute atomic E-state index is 11.8. The summed E-state index contributed by atoms with van der Waals surface area (Å²) in [6.07, 6.45) is 2.15. The van der Waals surface area contributed by atoms with Gasteiger partial charge in [-0.05, 0) is 40.5 Å². The number of amides is 1. The maximum atomic E-state index is 11.8. The van der Waals surface area contributed by atoms with Gasteiger partial charge in [-0.25, -0.2) is 0 Å². The molecule has 6 nitrogen and oxygen atoms in total. The van der Waals surface area contributed by atoms with Crippen LogP contribution in [0.2, 0.25) is 0 Å². The van der Waals surface area contributed by atoms with E-state index in [0.29, 0.717) is 25.7 Å². The van der Waals surface area contributed by atoms with Gasteiger partial charge < -0.3 is 15.3 Å². The molecule has 2 N–H and O–H groups in total. The number of morpholine rings is 1. The van der Waals surface area contributed by atoms with Crippen LogP contribution in [0.3, 0.4) is 0 Å². The zero-order chi connectivity index (χ0) is 16.5. The van der Waals surface area contributed by atoms with Crippen molar-refractivity contribution in [3.63, 3.8) is 0 Å². The number of hydroxylamine groups is 2. The molecule has 2 fully saturated rings. The first-order valence-electron chi connectivity index (χ1n) is 8.29. The molecular weight excluding hydrogens is 318 g/mol. The van der Waals surface area contributed by atoms with Crippen molar-refractivity contribution in [2.45, 2.75) is 77.2 Å². The lowest BCUT2D eigenvalue weighted by Gasteiger charge is -2.55. The molecule has 0 spiro atoms. The summed E-state index contributed by atoms with van der Waals surface area (Å²) in [5, 5.41) is 15.0. The molecule has 0 bridgehead atoms. The van der Waals surface area contributed by atoms with Crippen LogP contribution in [0.25, 0.3) is 0 Å². The Bertz CT molecular complexity index is 399. The van der Waals surface area contributed by atoms with Gasteiger partial charge in [-0.15, -0.1) is 12.4 Å². The van der Waals surface area contributed by atoms with Gasteiger partial charge in [0.2, 0.25) is 5.91 Å². The molecule has 7 heteroatoms. The van der Waals surface area contributed by atoms with E-state index in [4.69, 9.17) is 4.74 Å². The first-order valence-corrected chi connectivity index (χ1v) is 8.29. The van der Waals surface area contributed by atoms with Gasteiger partial charge in [-0.3, -0.25) is 9.69 Å². The Balaban J connectivity index is 0.00000264. The molecule has 0 aromatic rings. The zero-order valence-corrected chi connectivity index (χ0v) is 15.8. The number of piperidine rings is 1. The highest BCUT2D eigenvalue weighted by atomic mass is 35.5. The summed E-state index contributed by atoms with van der Waals surface area (Å²) in [4.78, 5) is 14.1. The van der Waals surface area contributed by atoms with Crippen LogP contribution in [-0.2, 0) is 9.53 Å². The second-order valence-corrected chi connectivity index (χ2v) is 7.75. The van der Waals surface area contributed by atoms with Crippen LogP contribution in [-0.4, -0.2) is 64.1 Å². The number of hydrogen-bond acceptors (Lipinski definition) is 5. The molecule has 1 amide bonds. The van der Waals surface area contributed by atoms with Gasteiger partial charge in [0, 0.05) is 30.1 Å². The molecule has 23 heavy (non-hydrogen) atoms. The Hall–Kier alpha value is -0.400. The Morgan fingerprint density at radius 2 is 1.83 bits per heavy atom. The van der Waals surface area contributed by atoms with E-state index in [-0.39, 0.29) is 35.6 Å². The predicted molar refractivity (Wildman–Crippen MR) is 91.8 cm³/mol. The topological polar surface area (TPSA) is 65.0 Å². The van der Waals surface area contributed by atoms with Gasteiger partial charge in [-0.1, -0.05) is 6.92 Å². The van der Waals surface area contributed by atoms with Crippen molar-refractivity contribution in [2.24, 2.45) is 0 Å². The van der Waals surface area contributed by atoms with Crippen molar-refractivity contribution < 1.29 is 14.7 Å². The predicted octanol–water partition coefficient (Wildman–Crippen LogP) is 2.00. The van der Waals surface area contributed by atoms with Crippen molar-refractivity contribution in [3.05, 3.63) is 0 Å². The van der Waals surface area contributed by atoms with Crippen LogP contribution in [0.1, 0.15) is 53.9 Å². The number of rotatable bonds is 3. The smallest absolute Gasteiger partial charge is 0.221 e. The van der Waals surface area contributed by atoms with Gasteiger partial charge in [0.25, 0.3) is 0 Å². The Morgan fingerprint density at radius 3 is 2.35 bits per heavy atom. The van der Waals surface area contributed by atoms with Crippen molar-refractivity contribution in [1.29, 1.82) is 0 Å². The highest BCUT2D eigenvalue weighted by Crippen LogP contribution is 2.39. The fourth-order valence-corrected chi connectivity index (χ4v) is 3.92. The van der Waals surface area contributed by atoms with Crippen molar-refractivity contribution >= 4 is 18.3 Å². The molecular formula is C16H32ClN3O3. The number of carbonyl (C=O) groups excluding carboxylic acids is 1. The standard InChI is InChI=1S/C16H31N3O3.ClH/c1-6-14(20)17-13-11-22-8-7-18(13)12-9-15(2,3)19(21)16(4,5)10-12;/h12-13,21H,6-11H2,1-5H3,(H,17,20);1H. The number of halogens is 1. The van der Waals surface area contributed by atoms with Gasteiger partial charge >= 0.3 is 0 Å². The average molecular weight is 350 g/mol. The fourth-order valence-electron chi connectivity index (χ4n) is 3.92. The van der Waals surface area contributed by atoms with Gasteiger partial charge in [0.05, 0.1) is 13.2 Å². The van der Waals surface area contributed by atoms with Crippen molar-refractivity contribution in [3.8, 4) is 0 Å². The quantitative estimate of drug-likeness (QED) is 0.816. The van der Waals surface area contributed by atoms with Gasteiger partial charge in [0.15, 0.2) is 0 Å². The Labute approximate surface area is 145 Å². The largest absolute Gasteiger partial charge is 0.377 e. The molecule has 1 atom stereocenters. The van der Waals surface area contributed by atoms with Crippen LogP contribution in [0.5, 0.6) is 0 Å². The van der Waals surface area contributed by atoms with E-state index < -0.39 is 0 Å². The number of hydrogen-bond donors (Lipinski definition) is 2. The van der Waals surface area contributed by atoms with Crippen LogP contribution in [0.15, 0.2) is 0 Å². The zero-order valence-electron chi connectivity index (χ0n) is 15.0. The van der Waals surface area contributed by atoms with E-state index in [9.17, 15) is 10.0 Å². The van der Waals surface area contributed by atoms with E-state index in [0.717, 1.165) is 19.4 Å².